The average Bonchev–Trinajstić information content (AvgIpc) is 2.93. The first-order valence-electron chi connectivity index (χ1n) is 7.60. The number of benzene rings is 1. The molecule has 9 heteroatoms. The number of hydrogen-bond donors (Lipinski definition) is 0. The molecule has 2 aromatic rings. The average molecular weight is 380 g/mol. The highest BCUT2D eigenvalue weighted by atomic mass is 32.2. The SMILES string of the molecule is CC1(F)C2(F)CC(F)c3c(Oc4cncc(C#N)c4)ccc(c32)S1(=O)=O. The second-order valence-electron chi connectivity index (χ2n) is 6.37. The number of nitrogens with zero attached hydrogens (tertiary/aromatic N) is 2. The molecule has 0 amide bonds. The fourth-order valence-electron chi connectivity index (χ4n) is 3.55. The Morgan fingerprint density at radius 1 is 1.35 bits per heavy atom. The zero-order valence-corrected chi connectivity index (χ0v) is 14.1. The highest BCUT2D eigenvalue weighted by Crippen LogP contribution is 2.65. The summed E-state index contributed by atoms with van der Waals surface area (Å²) in [5, 5.41) is 5.63. The molecule has 0 saturated heterocycles. The Hall–Kier alpha value is -2.60. The van der Waals surface area contributed by atoms with E-state index in [1.54, 1.807) is 0 Å². The largest absolute Gasteiger partial charge is 0.455 e. The zero-order valence-electron chi connectivity index (χ0n) is 13.3. The van der Waals surface area contributed by atoms with Gasteiger partial charge >= 0.3 is 0 Å². The molecule has 3 atom stereocenters. The van der Waals surface area contributed by atoms with Crippen LogP contribution in [-0.2, 0) is 15.5 Å². The molecule has 26 heavy (non-hydrogen) atoms. The monoisotopic (exact) mass is 380 g/mol. The number of pyridine rings is 1. The van der Waals surface area contributed by atoms with E-state index >= 15 is 4.39 Å². The van der Waals surface area contributed by atoms with E-state index in [9.17, 15) is 17.2 Å². The van der Waals surface area contributed by atoms with Crippen LogP contribution < -0.4 is 4.74 Å². The van der Waals surface area contributed by atoms with E-state index in [-0.39, 0.29) is 22.6 Å². The van der Waals surface area contributed by atoms with Crippen LogP contribution in [0.5, 0.6) is 11.5 Å². The van der Waals surface area contributed by atoms with E-state index in [2.05, 4.69) is 4.98 Å². The van der Waals surface area contributed by atoms with Gasteiger partial charge in [0.15, 0.2) is 5.67 Å². The summed E-state index contributed by atoms with van der Waals surface area (Å²) < 4.78 is 75.0. The van der Waals surface area contributed by atoms with Crippen LogP contribution in [0.2, 0.25) is 0 Å². The molecule has 0 radical (unpaired) electrons. The number of rotatable bonds is 2. The van der Waals surface area contributed by atoms with E-state index in [1.807, 2.05) is 6.07 Å². The number of hydrogen-bond acceptors (Lipinski definition) is 5. The van der Waals surface area contributed by atoms with Crippen molar-refractivity contribution in [3.63, 3.8) is 0 Å². The molecule has 0 N–H and O–H groups in total. The molecule has 0 saturated carbocycles. The Morgan fingerprint density at radius 3 is 2.77 bits per heavy atom. The molecule has 0 bridgehead atoms. The number of alkyl halides is 3. The lowest BCUT2D eigenvalue weighted by Crippen LogP contribution is -2.41. The van der Waals surface area contributed by atoms with Crippen molar-refractivity contribution in [1.82, 2.24) is 4.98 Å². The summed E-state index contributed by atoms with van der Waals surface area (Å²) in [7, 11) is -4.61. The van der Waals surface area contributed by atoms with Gasteiger partial charge in [-0.25, -0.2) is 21.6 Å². The van der Waals surface area contributed by atoms with E-state index in [0.29, 0.717) is 6.92 Å². The summed E-state index contributed by atoms with van der Waals surface area (Å²) in [6, 6.07) is 5.38. The second kappa shape index (κ2) is 4.98. The minimum absolute atomic E-state index is 0.0904. The van der Waals surface area contributed by atoms with Crippen LogP contribution >= 0.6 is 0 Å². The fraction of sp³-hybridized carbons (Fsp3) is 0.294. The Kier molecular flexibility index (Phi) is 3.22. The molecule has 0 fully saturated rings. The van der Waals surface area contributed by atoms with Crippen LogP contribution in [0.3, 0.4) is 0 Å². The van der Waals surface area contributed by atoms with Crippen LogP contribution in [0.15, 0.2) is 35.5 Å². The second-order valence-corrected chi connectivity index (χ2v) is 8.58. The summed E-state index contributed by atoms with van der Waals surface area (Å²) in [6.07, 6.45) is -0.317. The Labute approximate surface area is 147 Å². The molecule has 2 aliphatic rings. The van der Waals surface area contributed by atoms with Crippen molar-refractivity contribution < 1.29 is 26.3 Å². The van der Waals surface area contributed by atoms with Gasteiger partial charge in [0.05, 0.1) is 16.7 Å². The van der Waals surface area contributed by atoms with Crippen molar-refractivity contribution >= 4 is 9.84 Å². The zero-order chi connectivity index (χ0) is 18.9. The van der Waals surface area contributed by atoms with E-state index < -0.39 is 43.6 Å². The minimum Gasteiger partial charge on any atom is -0.455 e. The lowest BCUT2D eigenvalue weighted by molar-refractivity contribution is 0.0189. The van der Waals surface area contributed by atoms with Gasteiger partial charge in [0, 0.05) is 29.8 Å². The molecule has 1 aromatic heterocycles. The molecule has 5 nitrogen and oxygen atoms in total. The molecule has 1 aliphatic carbocycles. The summed E-state index contributed by atoms with van der Waals surface area (Å²) in [6.45, 7) is 0.616. The van der Waals surface area contributed by atoms with Crippen molar-refractivity contribution in [1.29, 1.82) is 5.26 Å². The molecular formula is C17H11F3N2O3S. The van der Waals surface area contributed by atoms with E-state index in [1.165, 1.54) is 18.5 Å². The fourth-order valence-corrected chi connectivity index (χ4v) is 5.36. The number of halogens is 3. The van der Waals surface area contributed by atoms with Gasteiger partial charge in [0.1, 0.15) is 23.7 Å². The number of ether oxygens (including phenoxy) is 1. The molecule has 4 rings (SSSR count). The summed E-state index contributed by atoms with van der Waals surface area (Å²) in [5.41, 5.74) is -3.63. The lowest BCUT2D eigenvalue weighted by Gasteiger charge is -2.26. The topological polar surface area (TPSA) is 80.0 Å². The van der Waals surface area contributed by atoms with Gasteiger partial charge in [-0.05, 0) is 19.1 Å². The summed E-state index contributed by atoms with van der Waals surface area (Å²) >= 11 is 0. The first-order chi connectivity index (χ1) is 12.1. The maximum atomic E-state index is 15.3. The van der Waals surface area contributed by atoms with E-state index in [0.717, 1.165) is 12.1 Å². The van der Waals surface area contributed by atoms with Crippen molar-refractivity contribution in [3.05, 3.63) is 47.3 Å². The summed E-state index contributed by atoms with van der Waals surface area (Å²) in [5.74, 6) is -0.0479. The standard InChI is InChI=1S/C17H11F3N2O3S/c1-16(19)17(20)5-11(18)14-12(2-3-13(15(14)17)26(16,23)24)25-10-4-9(6-21)7-22-8-10/h2-4,7-8,11H,5H2,1H3. The van der Waals surface area contributed by atoms with Gasteiger partial charge < -0.3 is 4.74 Å². The highest BCUT2D eigenvalue weighted by Gasteiger charge is 2.71. The predicted octanol–water partition coefficient (Wildman–Crippen LogP) is 3.80. The van der Waals surface area contributed by atoms with Gasteiger partial charge in [0.25, 0.3) is 0 Å². The van der Waals surface area contributed by atoms with Crippen LogP contribution in [0.4, 0.5) is 13.2 Å². The molecule has 1 aromatic carbocycles. The first kappa shape index (κ1) is 16.8. The van der Waals surface area contributed by atoms with Crippen molar-refractivity contribution in [2.24, 2.45) is 0 Å². The lowest BCUT2D eigenvalue weighted by atomic mass is 9.93. The molecule has 0 spiro atoms. The summed E-state index contributed by atoms with van der Waals surface area (Å²) in [4.78, 5) is 3.24. The van der Waals surface area contributed by atoms with E-state index in [4.69, 9.17) is 10.00 Å². The van der Waals surface area contributed by atoms with Gasteiger partial charge in [-0.3, -0.25) is 4.98 Å². The first-order valence-corrected chi connectivity index (χ1v) is 9.09. The molecule has 134 valence electrons. The molecule has 3 unspecified atom stereocenters. The quantitative estimate of drug-likeness (QED) is 0.792. The van der Waals surface area contributed by atoms with Gasteiger partial charge in [0.2, 0.25) is 14.8 Å². The number of nitriles is 1. The maximum absolute atomic E-state index is 15.3. The van der Waals surface area contributed by atoms with Crippen LogP contribution in [-0.4, -0.2) is 18.4 Å². The predicted molar refractivity (Wildman–Crippen MR) is 83.4 cm³/mol. The van der Waals surface area contributed by atoms with Gasteiger partial charge in [-0.2, -0.15) is 5.26 Å². The Bertz CT molecular complexity index is 1090. The smallest absolute Gasteiger partial charge is 0.250 e. The Morgan fingerprint density at radius 2 is 2.08 bits per heavy atom. The van der Waals surface area contributed by atoms with Gasteiger partial charge in [-0.15, -0.1) is 0 Å². The minimum atomic E-state index is -4.61. The third-order valence-electron chi connectivity index (χ3n) is 4.91. The molecule has 2 heterocycles. The van der Waals surface area contributed by atoms with Gasteiger partial charge in [-0.1, -0.05) is 0 Å². The third-order valence-corrected chi connectivity index (χ3v) is 7.16. The van der Waals surface area contributed by atoms with Crippen LogP contribution in [0.1, 0.15) is 36.2 Å². The maximum Gasteiger partial charge on any atom is 0.250 e. The van der Waals surface area contributed by atoms with Crippen molar-refractivity contribution in [3.8, 4) is 17.6 Å². The van der Waals surface area contributed by atoms with Crippen LogP contribution in [0, 0.1) is 11.3 Å². The molecular weight excluding hydrogens is 369 g/mol. The van der Waals surface area contributed by atoms with Crippen molar-refractivity contribution in [2.75, 3.05) is 0 Å². The normalized spacial score (nSPS) is 30.7. The molecule has 1 aliphatic heterocycles. The number of aromatic nitrogens is 1. The van der Waals surface area contributed by atoms with Crippen LogP contribution in [0.25, 0.3) is 0 Å². The highest BCUT2D eigenvalue weighted by molar-refractivity contribution is 7.93. The Balaban J connectivity index is 1.91. The number of sulfone groups is 1. The third kappa shape index (κ3) is 1.85. The van der Waals surface area contributed by atoms with Crippen molar-refractivity contribution in [2.45, 2.75) is 35.1 Å².